The minimum absolute atomic E-state index is 0.134. The molecule has 0 fully saturated rings. The largest absolute Gasteiger partial charge is 0.490 e. The molecule has 4 N–H and O–H groups in total. The molecule has 1 aromatic heterocycles. The normalized spacial score (nSPS) is 10.5. The van der Waals surface area contributed by atoms with Crippen molar-refractivity contribution in [3.8, 4) is 0 Å². The highest BCUT2D eigenvalue weighted by Crippen LogP contribution is 2.13. The molecule has 0 saturated carbocycles. The molecule has 22 heavy (non-hydrogen) atoms. The highest BCUT2D eigenvalue weighted by molar-refractivity contribution is 5.82. The lowest BCUT2D eigenvalue weighted by molar-refractivity contribution is -0.193. The van der Waals surface area contributed by atoms with Crippen LogP contribution in [0.1, 0.15) is 10.6 Å². The van der Waals surface area contributed by atoms with Gasteiger partial charge in [0.25, 0.3) is 0 Å². The van der Waals surface area contributed by atoms with Crippen molar-refractivity contribution >= 4 is 17.9 Å². The van der Waals surface area contributed by atoms with E-state index >= 15 is 0 Å². The molecule has 9 nitrogen and oxygen atoms in total. The van der Waals surface area contributed by atoms with E-state index in [4.69, 9.17) is 24.9 Å². The predicted molar refractivity (Wildman–Crippen MR) is 50.7 cm³/mol. The fourth-order valence-corrected chi connectivity index (χ4v) is 0.309. The molecule has 0 aromatic carbocycles. The summed E-state index contributed by atoms with van der Waals surface area (Å²) in [5.41, 5.74) is 0. The Bertz CT molecular complexity index is 472. The molecule has 0 bridgehead atoms. The van der Waals surface area contributed by atoms with E-state index in [2.05, 4.69) is 15.2 Å². The molecular formula is C7H5F6N3O6. The minimum atomic E-state index is -5.08. The van der Waals surface area contributed by atoms with E-state index in [1.54, 1.807) is 0 Å². The Labute approximate surface area is 115 Å². The van der Waals surface area contributed by atoms with Gasteiger partial charge < -0.3 is 15.3 Å². The number of aliphatic carboxylic acids is 2. The van der Waals surface area contributed by atoms with Crippen LogP contribution in [0, 0.1) is 0 Å². The Hall–Kier alpha value is -2.87. The second kappa shape index (κ2) is 8.42. The molecule has 0 amide bonds. The fourth-order valence-electron chi connectivity index (χ4n) is 0.309. The zero-order valence-electron chi connectivity index (χ0n) is 9.81. The van der Waals surface area contributed by atoms with Crippen LogP contribution in [0.2, 0.25) is 0 Å². The number of aromatic carboxylic acids is 1. The van der Waals surface area contributed by atoms with Crippen LogP contribution < -0.4 is 0 Å². The van der Waals surface area contributed by atoms with Gasteiger partial charge in [0, 0.05) is 0 Å². The van der Waals surface area contributed by atoms with Crippen molar-refractivity contribution in [2.24, 2.45) is 0 Å². The Morgan fingerprint density at radius 3 is 1.32 bits per heavy atom. The van der Waals surface area contributed by atoms with Crippen LogP contribution in [0.15, 0.2) is 6.33 Å². The average molecular weight is 341 g/mol. The number of carboxylic acid groups (broad SMARTS) is 3. The Balaban J connectivity index is 0. The fraction of sp³-hybridized carbons (Fsp3) is 0.286. The maximum Gasteiger partial charge on any atom is 0.490 e. The number of nitrogens with one attached hydrogen (secondary N) is 1. The first-order chi connectivity index (χ1) is 9.69. The second-order valence-electron chi connectivity index (χ2n) is 2.75. The molecule has 0 radical (unpaired) electrons. The van der Waals surface area contributed by atoms with Crippen molar-refractivity contribution in [2.75, 3.05) is 0 Å². The molecular weight excluding hydrogens is 336 g/mol. The molecule has 0 unspecified atom stereocenters. The molecule has 126 valence electrons. The maximum absolute atomic E-state index is 10.6. The highest BCUT2D eigenvalue weighted by Gasteiger charge is 2.38. The Morgan fingerprint density at radius 2 is 1.23 bits per heavy atom. The number of alkyl halides is 6. The first kappa shape index (κ1) is 21.4. The summed E-state index contributed by atoms with van der Waals surface area (Å²) in [4.78, 5) is 31.1. The topological polar surface area (TPSA) is 153 Å². The smallest absolute Gasteiger partial charge is 0.475 e. The van der Waals surface area contributed by atoms with E-state index in [1.807, 2.05) is 0 Å². The number of nitrogens with zero attached hydrogens (tertiary/aromatic N) is 2. The third-order valence-electron chi connectivity index (χ3n) is 1.10. The number of H-pyrrole nitrogens is 1. The van der Waals surface area contributed by atoms with Crippen LogP contribution >= 0.6 is 0 Å². The molecule has 1 heterocycles. The summed E-state index contributed by atoms with van der Waals surface area (Å²) in [6.07, 6.45) is -9.02. The summed E-state index contributed by atoms with van der Waals surface area (Å²) in [5, 5.41) is 27.9. The quantitative estimate of drug-likeness (QED) is 0.546. The van der Waals surface area contributed by atoms with Crippen molar-refractivity contribution < 1.29 is 56.0 Å². The van der Waals surface area contributed by atoms with Crippen molar-refractivity contribution in [1.82, 2.24) is 15.2 Å². The van der Waals surface area contributed by atoms with Gasteiger partial charge in [0.2, 0.25) is 5.82 Å². The number of carbonyl (C=O) groups is 3. The lowest BCUT2D eigenvalue weighted by Crippen LogP contribution is -2.21. The number of carboxylic acids is 3. The first-order valence-corrected chi connectivity index (χ1v) is 4.38. The van der Waals surface area contributed by atoms with Gasteiger partial charge in [-0.25, -0.2) is 19.4 Å². The summed E-state index contributed by atoms with van der Waals surface area (Å²) in [6.45, 7) is 0. The number of rotatable bonds is 1. The number of aromatic amines is 1. The van der Waals surface area contributed by atoms with Gasteiger partial charge in [-0.15, -0.1) is 0 Å². The van der Waals surface area contributed by atoms with Gasteiger partial charge in [0.1, 0.15) is 6.33 Å². The van der Waals surface area contributed by atoms with Gasteiger partial charge in [-0.1, -0.05) is 0 Å². The van der Waals surface area contributed by atoms with Crippen LogP contribution in [0.3, 0.4) is 0 Å². The van der Waals surface area contributed by atoms with E-state index in [-0.39, 0.29) is 5.82 Å². The van der Waals surface area contributed by atoms with Crippen LogP contribution in [0.5, 0.6) is 0 Å². The van der Waals surface area contributed by atoms with Gasteiger partial charge in [0.05, 0.1) is 0 Å². The third kappa shape index (κ3) is 11.0. The molecule has 0 aliphatic heterocycles. The van der Waals surface area contributed by atoms with Gasteiger partial charge in [-0.3, -0.25) is 5.10 Å². The SMILES string of the molecule is O=C(O)C(F)(F)F.O=C(O)C(F)(F)F.O=C(O)c1ncn[nH]1. The molecule has 1 aromatic rings. The van der Waals surface area contributed by atoms with Gasteiger partial charge in [0.15, 0.2) is 0 Å². The summed E-state index contributed by atoms with van der Waals surface area (Å²) < 4.78 is 63.5. The molecule has 0 aliphatic carbocycles. The number of halogens is 6. The average Bonchev–Trinajstić information content (AvgIpc) is 2.81. The van der Waals surface area contributed by atoms with Crippen LogP contribution in [-0.4, -0.2) is 60.8 Å². The predicted octanol–water partition coefficient (Wildman–Crippen LogP) is 0.769. The molecule has 15 heteroatoms. The van der Waals surface area contributed by atoms with E-state index in [0.717, 1.165) is 6.33 Å². The monoisotopic (exact) mass is 341 g/mol. The lowest BCUT2D eigenvalue weighted by atomic mass is 10.7. The van der Waals surface area contributed by atoms with Crippen molar-refractivity contribution in [3.63, 3.8) is 0 Å². The summed E-state index contributed by atoms with van der Waals surface area (Å²) in [6, 6.07) is 0. The van der Waals surface area contributed by atoms with E-state index in [0.29, 0.717) is 0 Å². The maximum atomic E-state index is 10.6. The molecule has 1 rings (SSSR count). The lowest BCUT2D eigenvalue weighted by Gasteiger charge is -1.93. The zero-order valence-corrected chi connectivity index (χ0v) is 9.81. The van der Waals surface area contributed by atoms with Crippen LogP contribution in [0.4, 0.5) is 26.3 Å². The third-order valence-corrected chi connectivity index (χ3v) is 1.10. The molecule has 0 spiro atoms. The highest BCUT2D eigenvalue weighted by atomic mass is 19.4. The van der Waals surface area contributed by atoms with E-state index in [9.17, 15) is 31.1 Å². The Kier molecular flexibility index (Phi) is 8.21. The van der Waals surface area contributed by atoms with E-state index < -0.39 is 30.3 Å². The number of hydrogen-bond donors (Lipinski definition) is 4. The summed E-state index contributed by atoms with van der Waals surface area (Å²) in [7, 11) is 0. The van der Waals surface area contributed by atoms with Gasteiger partial charge in [-0.05, 0) is 0 Å². The second-order valence-corrected chi connectivity index (χ2v) is 2.75. The summed E-state index contributed by atoms with van der Waals surface area (Å²) >= 11 is 0. The van der Waals surface area contributed by atoms with Gasteiger partial charge >= 0.3 is 30.3 Å². The molecule has 0 aliphatic rings. The molecule has 0 atom stereocenters. The Morgan fingerprint density at radius 1 is 0.909 bits per heavy atom. The van der Waals surface area contributed by atoms with Crippen LogP contribution in [-0.2, 0) is 9.59 Å². The number of hydrogen-bond acceptors (Lipinski definition) is 5. The summed E-state index contributed by atoms with van der Waals surface area (Å²) in [5.74, 6) is -6.74. The standard InChI is InChI=1S/C3H3N3O2.2C2HF3O2/c7-3(8)2-4-1-5-6-2;2*3-2(4,5)1(6)7/h1H,(H,7,8)(H,4,5,6);2*(H,6,7). The van der Waals surface area contributed by atoms with Crippen LogP contribution in [0.25, 0.3) is 0 Å². The molecule has 0 saturated heterocycles. The van der Waals surface area contributed by atoms with E-state index in [1.165, 1.54) is 0 Å². The first-order valence-electron chi connectivity index (χ1n) is 4.38. The van der Waals surface area contributed by atoms with Crippen molar-refractivity contribution in [2.45, 2.75) is 12.4 Å². The zero-order chi connectivity index (χ0) is 18.1. The van der Waals surface area contributed by atoms with Crippen molar-refractivity contribution in [3.05, 3.63) is 12.2 Å². The minimum Gasteiger partial charge on any atom is -0.475 e. The van der Waals surface area contributed by atoms with Gasteiger partial charge in [-0.2, -0.15) is 31.4 Å². The number of aromatic nitrogens is 3. The van der Waals surface area contributed by atoms with Crippen molar-refractivity contribution in [1.29, 1.82) is 0 Å².